The van der Waals surface area contributed by atoms with E-state index >= 15 is 0 Å². The summed E-state index contributed by atoms with van der Waals surface area (Å²) in [6.07, 6.45) is -13.6. The lowest BCUT2D eigenvalue weighted by atomic mass is 9.87. The molecule has 2 fully saturated rings. The highest BCUT2D eigenvalue weighted by molar-refractivity contribution is 8.13. The number of nitrogens with one attached hydrogen (secondary N) is 4. The summed E-state index contributed by atoms with van der Waals surface area (Å²) in [4.78, 5) is 184. The third-order valence-corrected chi connectivity index (χ3v) is 22.8. The number of hydrogen-bond acceptors (Lipinski definition) is 37. The van der Waals surface area contributed by atoms with Gasteiger partial charge in [0.25, 0.3) is 0 Å². The van der Waals surface area contributed by atoms with Gasteiger partial charge in [-0.05, 0) is 6.92 Å². The minimum Gasteiger partial charge on any atom is -0.481 e. The average Bonchev–Trinajstić information content (AvgIpc) is 1.62. The summed E-state index contributed by atoms with van der Waals surface area (Å²) >= 11 is 1.80. The first-order valence-electron chi connectivity index (χ1n) is 30.7. The van der Waals surface area contributed by atoms with Crippen molar-refractivity contribution in [2.75, 3.05) is 75.6 Å². The molecule has 0 radical (unpaired) electrons. The number of carboxylic acids is 1. The number of carboxylic acid groups (broad SMARTS) is 1. The second kappa shape index (κ2) is 39.2. The third kappa shape index (κ3) is 28.7. The molecule has 2 aliphatic rings. The lowest BCUT2D eigenvalue weighted by molar-refractivity contribution is -0.143. The Kier molecular flexibility index (Phi) is 33.8. The monoisotopic (exact) mass is 1690 g/mol. The van der Waals surface area contributed by atoms with Crippen molar-refractivity contribution in [1.29, 1.82) is 0 Å². The first-order valence-corrected chi connectivity index (χ1v) is 41.7. The predicted molar refractivity (Wildman–Crippen MR) is 361 cm³/mol. The van der Waals surface area contributed by atoms with Crippen LogP contribution in [0.4, 0.5) is 11.6 Å². The smallest absolute Gasteiger partial charge is 0.481 e. The van der Waals surface area contributed by atoms with Crippen LogP contribution in [-0.4, -0.2) is 256 Å². The summed E-state index contributed by atoms with van der Waals surface area (Å²) in [5.41, 5.74) is 8.45. The first kappa shape index (κ1) is 92.2. The van der Waals surface area contributed by atoms with Gasteiger partial charge in [0.2, 0.25) is 28.7 Å². The lowest BCUT2D eigenvalue weighted by Gasteiger charge is -2.30. The molecule has 0 spiro atoms. The Hall–Kier alpha value is -5.41. The summed E-state index contributed by atoms with van der Waals surface area (Å²) in [7, 11) is -32.8. The summed E-state index contributed by atoms with van der Waals surface area (Å²) < 4.78 is 124. The van der Waals surface area contributed by atoms with Crippen LogP contribution in [0.25, 0.3) is 22.3 Å². The number of ether oxygens (including phenoxy) is 2. The van der Waals surface area contributed by atoms with Crippen LogP contribution < -0.4 is 32.7 Å². The van der Waals surface area contributed by atoms with Crippen molar-refractivity contribution in [1.82, 2.24) is 60.3 Å². The standard InChI is InChI=1S/C25H40N7O19P3S.C24H40N7O17P3S/c1-12(23(37)38)24(39)55-7-6-27-14(33)4-5-28-21(36)18(35)25(2,3)9-48-54(45,46)51-53(43,44)47-8-13-17(50-52(40,41)42)16(34)22(49-13)32-11-31-15-19(26)29-10-30-20(15)32;1-4-15(33)52-8-7-26-14(32)5-6-27-22(36)19(35)24(2,3)10-45-51(42,43)48-50(40,41)44-9-13-18(47-49(37,38)39)17(34)23(46-13)31-12-30-16-20(25)28-11-29-21(16)31/h10-13,16-18,22,34-35H,4-9H2,1-3H3,(H,27,33)(H,28,36)(H,37,38)(H,43,44)(H,45,46)(H2,26,29,30)(H2,40,41,42);11-13,17-19,23,34-35H,4-10H2,1-3H3,(H,26,32)(H,27,36)(H,40,41)(H,42,43)(H2,25,28,29)(H2,37,38,39)/t12-,13+,16+,17+,18-,22+;13-,17-,18-,19+,23-/m01/s1. The van der Waals surface area contributed by atoms with Crippen LogP contribution in [0, 0.1) is 16.7 Å². The number of phosphoric ester groups is 6. The normalized spacial score (nSPS) is 22.4. The second-order valence-corrected chi connectivity index (χ2v) is 34.7. The van der Waals surface area contributed by atoms with E-state index in [9.17, 15) is 121 Å². The molecule has 107 heavy (non-hydrogen) atoms. The summed E-state index contributed by atoms with van der Waals surface area (Å²) in [6.45, 7) is 3.59. The number of amides is 4. The van der Waals surface area contributed by atoms with Gasteiger partial charge < -0.3 is 107 Å². The number of carbonyl (C=O) groups excluding carboxylic acids is 6. The summed E-state index contributed by atoms with van der Waals surface area (Å²) in [5.74, 6) is -5.08. The molecule has 4 amide bonds. The number of nitrogens with zero attached hydrogens (tertiary/aromatic N) is 8. The number of phosphoric acid groups is 6. The van der Waals surface area contributed by atoms with E-state index in [2.05, 4.69) is 68.8 Å². The minimum absolute atomic E-state index is 0.0183. The largest absolute Gasteiger partial charge is 0.481 e. The zero-order chi connectivity index (χ0) is 80.6. The number of imidazole rings is 2. The third-order valence-electron chi connectivity index (χ3n) is 14.5. The number of thioether (sulfide) groups is 2. The Morgan fingerprint density at radius 3 is 1.29 bits per heavy atom. The van der Waals surface area contributed by atoms with Crippen LogP contribution in [0.3, 0.4) is 0 Å². The molecule has 4 aromatic rings. The van der Waals surface area contributed by atoms with Gasteiger partial charge in [0.15, 0.2) is 40.5 Å². The van der Waals surface area contributed by atoms with Gasteiger partial charge in [0, 0.05) is 67.8 Å². The molecule has 0 aliphatic carbocycles. The van der Waals surface area contributed by atoms with Crippen molar-refractivity contribution in [2.24, 2.45) is 16.7 Å². The lowest BCUT2D eigenvalue weighted by Crippen LogP contribution is -2.46. The molecule has 0 aromatic carbocycles. The molecule has 0 saturated carbocycles. The maximum absolute atomic E-state index is 12.6. The van der Waals surface area contributed by atoms with E-state index in [4.69, 9.17) is 44.1 Å². The van der Waals surface area contributed by atoms with Crippen molar-refractivity contribution in [2.45, 2.75) is 122 Å². The SMILES string of the molecule is CCC(=O)SCCNC(=O)CCNC(=O)[C@H](O)C(C)(C)COP(=O)(O)OP(=O)(O)OC[C@H]1O[C@@H](n2cnc3c(N)ncnc32)[C@H](O)[C@@H]1OP(=O)(O)O.C[C@@H](C(=O)O)C(=O)SCCNC(=O)CCNC(=O)[C@H](O)C(C)(C)COP(=O)(O)OP(=O)(O)OC[C@H]1O[C@@H](n2cnc3c(N)ncnc32)[C@H](O)[C@@H]1OP(=O)(O)O. The highest BCUT2D eigenvalue weighted by Crippen LogP contribution is 2.63. The van der Waals surface area contributed by atoms with Crippen molar-refractivity contribution in [3.05, 3.63) is 25.3 Å². The number of nitrogens with two attached hydrogens (primary N) is 2. The fourth-order valence-corrected chi connectivity index (χ4v) is 16.0. The first-order chi connectivity index (χ1) is 49.4. The molecule has 15 atom stereocenters. The number of hydrogen-bond donors (Lipinski definition) is 19. The fraction of sp³-hybridized carbons (Fsp3) is 0.653. The molecular weight excluding hydrogens is 1610 g/mol. The average molecular weight is 1690 g/mol. The number of fused-ring (bicyclic) bond motifs is 2. The molecule has 0 bridgehead atoms. The van der Waals surface area contributed by atoms with E-state index in [1.54, 1.807) is 6.92 Å². The van der Waals surface area contributed by atoms with E-state index in [0.717, 1.165) is 58.0 Å². The second-order valence-electron chi connectivity index (χ2n) is 23.9. The van der Waals surface area contributed by atoms with Gasteiger partial charge in [0.1, 0.15) is 78.4 Å². The van der Waals surface area contributed by atoms with Gasteiger partial charge in [-0.15, -0.1) is 0 Å². The van der Waals surface area contributed by atoms with E-state index < -0.39 is 186 Å². The molecule has 2 saturated heterocycles. The zero-order valence-electron chi connectivity index (χ0n) is 56.8. The number of carbonyl (C=O) groups is 7. The van der Waals surface area contributed by atoms with Gasteiger partial charge in [-0.25, -0.2) is 57.3 Å². The predicted octanol–water partition coefficient (Wildman–Crippen LogP) is -2.54. The number of rotatable bonds is 41. The van der Waals surface area contributed by atoms with Gasteiger partial charge in [-0.3, -0.25) is 69.8 Å². The van der Waals surface area contributed by atoms with E-state index in [-0.39, 0.29) is 83.9 Å². The maximum Gasteiger partial charge on any atom is 0.481 e. The highest BCUT2D eigenvalue weighted by atomic mass is 32.2. The molecular formula is C49H80N14O36P6S2. The molecule has 21 N–H and O–H groups in total. The zero-order valence-corrected chi connectivity index (χ0v) is 63.8. The Bertz CT molecular complexity index is 4100. The number of aliphatic hydroxyl groups is 4. The van der Waals surface area contributed by atoms with Gasteiger partial charge in [-0.1, -0.05) is 58.1 Å². The molecule has 58 heteroatoms. The van der Waals surface area contributed by atoms with E-state index in [1.807, 2.05) is 0 Å². The van der Waals surface area contributed by atoms with Gasteiger partial charge >= 0.3 is 52.9 Å². The summed E-state index contributed by atoms with van der Waals surface area (Å²) in [6, 6.07) is 0. The Morgan fingerprint density at radius 1 is 0.570 bits per heavy atom. The number of aliphatic carboxylic acids is 1. The van der Waals surface area contributed by atoms with Crippen LogP contribution in [0.15, 0.2) is 25.3 Å². The quantitative estimate of drug-likeness (QED) is 0.0124. The van der Waals surface area contributed by atoms with E-state index in [1.165, 1.54) is 34.6 Å². The van der Waals surface area contributed by atoms with Gasteiger partial charge in [0.05, 0.1) is 39.1 Å². The van der Waals surface area contributed by atoms with Gasteiger partial charge in [-0.2, -0.15) is 8.62 Å². The fourth-order valence-electron chi connectivity index (χ4n) is 8.90. The van der Waals surface area contributed by atoms with Crippen molar-refractivity contribution >= 4 is 144 Å². The molecule has 6 rings (SSSR count). The number of aromatic nitrogens is 8. The van der Waals surface area contributed by atoms with E-state index in [0.29, 0.717) is 12.2 Å². The maximum atomic E-state index is 12.6. The molecule has 50 nitrogen and oxygen atoms in total. The van der Waals surface area contributed by atoms with Crippen LogP contribution in [0.1, 0.15) is 73.3 Å². The Balaban J connectivity index is 0.000000384. The summed E-state index contributed by atoms with van der Waals surface area (Å²) in [5, 5.41) is 60.5. The molecule has 2 aliphatic heterocycles. The number of anilines is 2. The van der Waals surface area contributed by atoms with Crippen molar-refractivity contribution < 1.29 is 171 Å². The minimum atomic E-state index is -5.59. The van der Waals surface area contributed by atoms with Crippen molar-refractivity contribution in [3.63, 3.8) is 0 Å². The van der Waals surface area contributed by atoms with Crippen LogP contribution in [-0.2, 0) is 106 Å². The Morgan fingerprint density at radius 2 is 0.935 bits per heavy atom. The Labute approximate surface area is 612 Å². The van der Waals surface area contributed by atoms with Crippen LogP contribution in [0.5, 0.6) is 0 Å². The molecule has 6 heterocycles. The molecule has 4 aromatic heterocycles. The van der Waals surface area contributed by atoms with Crippen LogP contribution >= 0.6 is 70.5 Å². The number of aliphatic hydroxyl groups excluding tert-OH is 4. The number of nitrogen functional groups attached to an aromatic ring is 2. The molecule has 4 unspecified atom stereocenters. The highest BCUT2D eigenvalue weighted by Gasteiger charge is 2.53. The van der Waals surface area contributed by atoms with Crippen LogP contribution in [0.2, 0.25) is 0 Å². The van der Waals surface area contributed by atoms with Crippen molar-refractivity contribution in [3.8, 4) is 0 Å². The molecule has 604 valence electrons. The topological polar surface area (TPSA) is 765 Å².